The second kappa shape index (κ2) is 20.6. The molecule has 1 aromatic carbocycles. The van der Waals surface area contributed by atoms with Crippen LogP contribution in [-0.4, -0.2) is 118 Å². The summed E-state index contributed by atoms with van der Waals surface area (Å²) in [5.41, 5.74) is -4.60. The van der Waals surface area contributed by atoms with E-state index in [1.54, 1.807) is 13.8 Å². The molecule has 0 aromatic heterocycles. The number of unbranched alkanes of at least 4 members (excludes halogenated alkanes) is 1. The number of nitrogens with zero attached hydrogens (tertiary/aromatic N) is 3. The van der Waals surface area contributed by atoms with Gasteiger partial charge in [0.05, 0.1) is 30.1 Å². The van der Waals surface area contributed by atoms with Gasteiger partial charge in [0, 0.05) is 30.5 Å². The van der Waals surface area contributed by atoms with E-state index in [4.69, 9.17) is 23.8 Å². The Kier molecular flexibility index (Phi) is 17.0. The van der Waals surface area contributed by atoms with Crippen molar-refractivity contribution < 1.29 is 52.8 Å². The Morgan fingerprint density at radius 3 is 2.37 bits per heavy atom. The third-order valence-corrected chi connectivity index (χ3v) is 12.8. The highest BCUT2D eigenvalue weighted by Crippen LogP contribution is 2.43. The van der Waals surface area contributed by atoms with Gasteiger partial charge in [0.1, 0.15) is 24.4 Å². The molecular weight excluding hydrogens is 762 g/mol. The van der Waals surface area contributed by atoms with Crippen LogP contribution in [0, 0.1) is 23.7 Å². The number of hydrogen-bond donors (Lipinski definition) is 2. The van der Waals surface area contributed by atoms with Crippen LogP contribution in [0.15, 0.2) is 40.5 Å². The molecule has 4 rings (SSSR count). The summed E-state index contributed by atoms with van der Waals surface area (Å²) in [4.78, 5) is 53.8. The fraction of sp³-hybridized carbons (Fsp3) is 0.756. The number of aliphatic hydroxyl groups excluding tert-OH is 1. The molecule has 0 aliphatic carbocycles. The number of ether oxygens (including phenoxy) is 4. The molecule has 13 nitrogen and oxygen atoms in total. The number of likely N-dealkylation sites (N-methyl/N-ethyl adjacent to an activating group) is 1. The van der Waals surface area contributed by atoms with Crippen LogP contribution in [0.4, 0.5) is 4.39 Å². The lowest BCUT2D eigenvalue weighted by atomic mass is 9.68. The molecule has 3 fully saturated rings. The average Bonchev–Trinajstić information content (AvgIpc) is 3.20. The van der Waals surface area contributed by atoms with Gasteiger partial charge >= 0.3 is 5.97 Å². The number of carbonyl (C=O) groups is 3. The molecule has 13 atom stereocenters. The number of halogens is 1. The van der Waals surface area contributed by atoms with E-state index < -0.39 is 82.8 Å². The van der Waals surface area contributed by atoms with Crippen molar-refractivity contribution in [2.75, 3.05) is 20.2 Å². The van der Waals surface area contributed by atoms with Gasteiger partial charge in [0.2, 0.25) is 5.91 Å². The number of amides is 1. The van der Waals surface area contributed by atoms with Crippen LogP contribution in [0.25, 0.3) is 0 Å². The Morgan fingerprint density at radius 2 is 1.75 bits per heavy atom. The summed E-state index contributed by atoms with van der Waals surface area (Å²) in [7, 11) is 1.94. The van der Waals surface area contributed by atoms with Crippen LogP contribution in [0.5, 0.6) is 0 Å². The lowest BCUT2D eigenvalue weighted by molar-refractivity contribution is -0.297. The zero-order valence-electron chi connectivity index (χ0n) is 37.1. The van der Waals surface area contributed by atoms with Gasteiger partial charge in [0.25, 0.3) is 5.67 Å². The van der Waals surface area contributed by atoms with Crippen LogP contribution < -0.4 is 0 Å². The minimum atomic E-state index is -3.16. The van der Waals surface area contributed by atoms with Gasteiger partial charge in [-0.1, -0.05) is 76.5 Å². The van der Waals surface area contributed by atoms with Gasteiger partial charge in [-0.3, -0.25) is 9.59 Å². The van der Waals surface area contributed by atoms with Crippen molar-refractivity contribution in [3.8, 4) is 0 Å². The van der Waals surface area contributed by atoms with Gasteiger partial charge < -0.3 is 38.9 Å². The second-order valence-electron chi connectivity index (χ2n) is 17.8. The first-order valence-electron chi connectivity index (χ1n) is 21.5. The maximum atomic E-state index is 17.0. The third kappa shape index (κ3) is 11.6. The second-order valence-corrected chi connectivity index (χ2v) is 17.8. The van der Waals surface area contributed by atoms with Crippen molar-refractivity contribution in [1.29, 1.82) is 0 Å². The van der Waals surface area contributed by atoms with Gasteiger partial charge in [-0.25, -0.2) is 14.2 Å². The number of hydrogen-bond acceptors (Lipinski definition) is 12. The summed E-state index contributed by atoms with van der Waals surface area (Å²) in [5, 5.41) is 28.9. The van der Waals surface area contributed by atoms with Crippen molar-refractivity contribution in [2.24, 2.45) is 33.8 Å². The van der Waals surface area contributed by atoms with E-state index in [-0.39, 0.29) is 51.0 Å². The van der Waals surface area contributed by atoms with Crippen LogP contribution in [-0.2, 0) is 44.8 Å². The monoisotopic (exact) mass is 832 g/mol. The van der Waals surface area contributed by atoms with Crippen LogP contribution in [0.1, 0.15) is 120 Å². The predicted molar refractivity (Wildman–Crippen MR) is 222 cm³/mol. The number of alkyl halides is 1. The molecule has 0 radical (unpaired) electrons. The highest BCUT2D eigenvalue weighted by molar-refractivity contribution is 6.08. The molecule has 3 aliphatic rings. The lowest BCUT2D eigenvalue weighted by Crippen LogP contribution is -2.61. The smallest absolute Gasteiger partial charge is 0.351 e. The molecule has 0 spiro atoms. The molecule has 2 bridgehead atoms. The molecule has 3 aliphatic heterocycles. The number of esters is 1. The third-order valence-electron chi connectivity index (χ3n) is 12.8. The number of oxime groups is 1. The fourth-order valence-corrected chi connectivity index (χ4v) is 9.40. The number of benzene rings is 1. The molecule has 3 heterocycles. The Morgan fingerprint density at radius 1 is 1.07 bits per heavy atom. The van der Waals surface area contributed by atoms with E-state index in [9.17, 15) is 24.6 Å². The Balaban J connectivity index is 1.95. The van der Waals surface area contributed by atoms with E-state index in [1.807, 2.05) is 58.2 Å². The Bertz CT molecular complexity index is 1640. The Hall–Kier alpha value is -3.14. The topological polar surface area (TPSA) is 166 Å². The number of fused-ring (bicyclic) bond motifs is 5. The van der Waals surface area contributed by atoms with E-state index in [2.05, 4.69) is 22.0 Å². The minimum Gasteiger partial charge on any atom is -0.457 e. The molecule has 332 valence electrons. The molecule has 59 heavy (non-hydrogen) atoms. The first kappa shape index (κ1) is 48.5. The van der Waals surface area contributed by atoms with Gasteiger partial charge in [-0.05, 0) is 97.2 Å². The van der Waals surface area contributed by atoms with Crippen LogP contribution >= 0.6 is 0 Å². The maximum absolute atomic E-state index is 17.0. The number of aliphatic hydroxyl groups is 2. The number of rotatable bonds is 10. The summed E-state index contributed by atoms with van der Waals surface area (Å²) in [5.74, 6) is -6.22. The van der Waals surface area contributed by atoms with Crippen molar-refractivity contribution in [3.63, 3.8) is 0 Å². The summed E-state index contributed by atoms with van der Waals surface area (Å²) >= 11 is 0. The van der Waals surface area contributed by atoms with E-state index >= 15 is 4.39 Å². The predicted octanol–water partition coefficient (Wildman–Crippen LogP) is 6.40. The first-order valence-corrected chi connectivity index (χ1v) is 21.5. The summed E-state index contributed by atoms with van der Waals surface area (Å²) in [6.07, 6.45) is -2.29. The maximum Gasteiger partial charge on any atom is 0.351 e. The lowest BCUT2D eigenvalue weighted by Gasteiger charge is -2.48. The molecule has 1 aromatic rings. The molecule has 0 saturated carbocycles. The molecular formula is C45H70FN3O10. The average molecular weight is 832 g/mol. The highest BCUT2D eigenvalue weighted by atomic mass is 19.1. The van der Waals surface area contributed by atoms with Crippen molar-refractivity contribution in [1.82, 2.24) is 4.90 Å². The van der Waals surface area contributed by atoms with Gasteiger partial charge in [-0.15, -0.1) is 0 Å². The van der Waals surface area contributed by atoms with Gasteiger partial charge in [-0.2, -0.15) is 0 Å². The zero-order chi connectivity index (χ0) is 43.9. The zero-order valence-corrected chi connectivity index (χ0v) is 37.1. The number of cyclic esters (lactones) is 1. The Labute approximate surface area is 350 Å². The quantitative estimate of drug-likeness (QED) is 0.152. The van der Waals surface area contributed by atoms with Crippen molar-refractivity contribution in [2.45, 2.75) is 174 Å². The first-order chi connectivity index (χ1) is 27.7. The summed E-state index contributed by atoms with van der Waals surface area (Å²) in [6.45, 7) is 17.2. The van der Waals surface area contributed by atoms with Crippen LogP contribution in [0.2, 0.25) is 0 Å². The fourth-order valence-electron chi connectivity index (χ4n) is 9.40. The molecule has 2 N–H and O–H groups in total. The molecule has 1 amide bonds. The summed E-state index contributed by atoms with van der Waals surface area (Å²) < 4.78 is 42.7. The SMILES string of the molecule is CCCCN(C)[C@H]1C[C@@H](C)O[C@@H](O[C@@H]2[C@@H](C)C(=O)[C@](C)(F)C(=O)O[C@H](CC)[C@@](C)(O)[C@@H]3CC/C(=N\OCc4ccccc4)CO[C@]2(C)C[C@@H](C)C(=NC(C)=O)[C@@H]3C)[C@@H]1O. The molecule has 0 unspecified atom stereocenters. The number of carbonyl (C=O) groups excluding carboxylic acids is 3. The largest absolute Gasteiger partial charge is 0.457 e. The molecule has 14 heteroatoms. The van der Waals surface area contributed by atoms with Crippen molar-refractivity contribution >= 4 is 29.1 Å². The van der Waals surface area contributed by atoms with E-state index in [0.717, 1.165) is 31.9 Å². The standard InChI is InChI=1S/C45H70FN3O10/c1-12-14-22-49(11)35-23-28(4)57-41(38(35)51)59-40-30(6)39(52)44(9,46)42(53)58-36(13-2)45(10,54)34-21-20-33(48-56-25-32-18-16-15-17-19-32)26-55-43(40,8)24-27(3)37(29(34)5)47-31(7)50/h15-19,27-30,34-36,38,40-41,51,54H,12-14,20-26H2,1-11H3/b47-37?,48-33+/t27-,28-,29-,30+,34-,35+,36-,38-,40-,41+,43-,44+,45+/m1/s1. The number of ketones is 1. The normalized spacial score (nSPS) is 39.3. The minimum absolute atomic E-state index is 0.0849. The van der Waals surface area contributed by atoms with Crippen molar-refractivity contribution in [3.05, 3.63) is 35.9 Å². The van der Waals surface area contributed by atoms with Gasteiger partial charge in [0.15, 0.2) is 12.1 Å². The summed E-state index contributed by atoms with van der Waals surface area (Å²) in [6, 6.07) is 9.18. The van der Waals surface area contributed by atoms with E-state index in [1.165, 1.54) is 20.8 Å². The van der Waals surface area contributed by atoms with Crippen LogP contribution in [0.3, 0.4) is 0 Å². The number of Topliss-reactive ketones (excluding diaryl/α,β-unsaturated/α-hetero) is 1. The number of aliphatic imine (C=N–C) groups is 1. The highest BCUT2D eigenvalue weighted by Gasteiger charge is 2.56. The molecule has 3 saturated heterocycles. The van der Waals surface area contributed by atoms with E-state index in [0.29, 0.717) is 17.8 Å².